The average molecular weight is 474 g/mol. The molecule has 6 nitrogen and oxygen atoms in total. The maximum atomic E-state index is 13.2. The Morgan fingerprint density at radius 3 is 2.15 bits per heavy atom. The Morgan fingerprint density at radius 1 is 0.879 bits per heavy atom. The lowest BCUT2D eigenvalue weighted by atomic mass is 10.1. The third-order valence-corrected chi connectivity index (χ3v) is 7.86. The molecule has 0 spiro atoms. The van der Waals surface area contributed by atoms with Gasteiger partial charge in [0.2, 0.25) is 17.7 Å². The van der Waals surface area contributed by atoms with Crippen LogP contribution in [0.4, 0.5) is 5.69 Å². The molecule has 7 heteroatoms. The number of hydrogen-bond acceptors (Lipinski definition) is 4. The molecule has 1 aromatic carbocycles. The number of benzene rings is 1. The van der Waals surface area contributed by atoms with Crippen molar-refractivity contribution in [2.75, 3.05) is 37.6 Å². The number of carbonyl (C=O) groups excluding carboxylic acids is 3. The quantitative estimate of drug-likeness (QED) is 0.345. The Bertz CT molecular complexity index is 808. The Morgan fingerprint density at radius 2 is 1.48 bits per heavy atom. The van der Waals surface area contributed by atoms with Crippen molar-refractivity contribution in [3.05, 3.63) is 24.3 Å². The zero-order valence-electron chi connectivity index (χ0n) is 20.3. The van der Waals surface area contributed by atoms with E-state index in [-0.39, 0.29) is 17.7 Å². The van der Waals surface area contributed by atoms with Gasteiger partial charge in [0.25, 0.3) is 0 Å². The number of para-hydroxylation sites is 1. The van der Waals surface area contributed by atoms with Crippen molar-refractivity contribution in [2.45, 2.75) is 81.8 Å². The summed E-state index contributed by atoms with van der Waals surface area (Å²) < 4.78 is 0. The second-order valence-electron chi connectivity index (χ2n) is 8.98. The van der Waals surface area contributed by atoms with Crippen molar-refractivity contribution < 1.29 is 14.4 Å². The van der Waals surface area contributed by atoms with Gasteiger partial charge in [0.05, 0.1) is 5.69 Å². The third-order valence-electron chi connectivity index (χ3n) is 6.62. The van der Waals surface area contributed by atoms with E-state index in [0.717, 1.165) is 23.4 Å². The van der Waals surface area contributed by atoms with Crippen molar-refractivity contribution in [2.24, 2.45) is 0 Å². The second-order valence-corrected chi connectivity index (χ2v) is 10.1. The fraction of sp³-hybridized carbons (Fsp3) is 0.654. The molecule has 0 saturated carbocycles. The molecule has 1 atom stereocenters. The van der Waals surface area contributed by atoms with Crippen molar-refractivity contribution in [3.8, 4) is 0 Å². The number of rotatable bonds is 11. The minimum Gasteiger partial charge on any atom is -0.339 e. The van der Waals surface area contributed by atoms with Crippen molar-refractivity contribution in [1.29, 1.82) is 0 Å². The normalized spacial score (nSPS) is 18.4. The van der Waals surface area contributed by atoms with E-state index in [9.17, 15) is 14.4 Å². The van der Waals surface area contributed by atoms with Gasteiger partial charge in [-0.1, -0.05) is 64.0 Å². The Balaban J connectivity index is 1.42. The van der Waals surface area contributed by atoms with Gasteiger partial charge in [0.1, 0.15) is 0 Å². The van der Waals surface area contributed by atoms with Crippen LogP contribution in [0.25, 0.3) is 0 Å². The molecule has 3 rings (SSSR count). The molecule has 2 aliphatic rings. The van der Waals surface area contributed by atoms with E-state index in [4.69, 9.17) is 0 Å². The largest absolute Gasteiger partial charge is 0.339 e. The fourth-order valence-electron chi connectivity index (χ4n) is 4.61. The number of carbonyl (C=O) groups is 3. The number of anilines is 1. The van der Waals surface area contributed by atoms with E-state index in [2.05, 4.69) is 6.92 Å². The first-order valence-corrected chi connectivity index (χ1v) is 13.6. The number of nitrogens with zero attached hydrogens (tertiary/aromatic N) is 3. The topological polar surface area (TPSA) is 60.9 Å². The van der Waals surface area contributed by atoms with Crippen LogP contribution in [0.3, 0.4) is 0 Å². The molecule has 0 aromatic heterocycles. The summed E-state index contributed by atoms with van der Waals surface area (Å²) in [6, 6.07) is 7.76. The van der Waals surface area contributed by atoms with Gasteiger partial charge in [-0.05, 0) is 25.5 Å². The van der Waals surface area contributed by atoms with Crippen LogP contribution < -0.4 is 4.90 Å². The highest BCUT2D eigenvalue weighted by Crippen LogP contribution is 2.39. The van der Waals surface area contributed by atoms with Crippen molar-refractivity contribution >= 4 is 35.2 Å². The van der Waals surface area contributed by atoms with Crippen molar-refractivity contribution in [3.63, 3.8) is 0 Å². The van der Waals surface area contributed by atoms with Crippen molar-refractivity contribution in [1.82, 2.24) is 9.80 Å². The maximum absolute atomic E-state index is 13.2. The molecule has 0 radical (unpaired) electrons. The number of fused-ring (bicyclic) bond motifs is 1. The van der Waals surface area contributed by atoms with Gasteiger partial charge in [0, 0.05) is 44.0 Å². The summed E-state index contributed by atoms with van der Waals surface area (Å²) in [4.78, 5) is 45.1. The highest BCUT2D eigenvalue weighted by atomic mass is 32.2. The first kappa shape index (κ1) is 25.6. The lowest BCUT2D eigenvalue weighted by Crippen LogP contribution is -2.55. The van der Waals surface area contributed by atoms with Gasteiger partial charge in [0.15, 0.2) is 5.25 Å². The Hall–Kier alpha value is -2.02. The van der Waals surface area contributed by atoms with E-state index in [1.54, 1.807) is 9.80 Å². The summed E-state index contributed by atoms with van der Waals surface area (Å²) in [7, 11) is 0. The maximum Gasteiger partial charge on any atom is 0.250 e. The summed E-state index contributed by atoms with van der Waals surface area (Å²) >= 11 is 1.35. The highest BCUT2D eigenvalue weighted by molar-refractivity contribution is 8.01. The molecule has 1 aromatic rings. The van der Waals surface area contributed by atoms with Crippen LogP contribution in [0.15, 0.2) is 29.2 Å². The molecule has 0 N–H and O–H groups in total. The molecule has 1 saturated heterocycles. The number of piperazine rings is 1. The molecule has 0 bridgehead atoms. The number of hydrogen-bond donors (Lipinski definition) is 0. The van der Waals surface area contributed by atoms with E-state index < -0.39 is 5.25 Å². The summed E-state index contributed by atoms with van der Waals surface area (Å²) in [5.41, 5.74) is 0.885. The molecule has 1 unspecified atom stereocenters. The minimum absolute atomic E-state index is 0.131. The summed E-state index contributed by atoms with van der Waals surface area (Å²) in [6.45, 7) is 6.82. The van der Waals surface area contributed by atoms with E-state index >= 15 is 0 Å². The van der Waals surface area contributed by atoms with E-state index in [1.165, 1.54) is 50.3 Å². The van der Waals surface area contributed by atoms with Gasteiger partial charge in [-0.3, -0.25) is 14.4 Å². The highest BCUT2D eigenvalue weighted by Gasteiger charge is 2.40. The second kappa shape index (κ2) is 13.0. The first-order valence-electron chi connectivity index (χ1n) is 12.7. The molecule has 2 aliphatic heterocycles. The summed E-state index contributed by atoms with van der Waals surface area (Å²) in [5.74, 6) is -0.0742. The molecular formula is C26H39N3O3S. The van der Waals surface area contributed by atoms with Gasteiger partial charge in [-0.2, -0.15) is 0 Å². The van der Waals surface area contributed by atoms with Gasteiger partial charge < -0.3 is 14.7 Å². The predicted octanol–water partition coefficient (Wildman–Crippen LogP) is 4.72. The number of unbranched alkanes of at least 4 members (excludes halogenated alkanes) is 7. The molecule has 3 amide bonds. The monoisotopic (exact) mass is 473 g/mol. The smallest absolute Gasteiger partial charge is 0.250 e. The molecular weight excluding hydrogens is 434 g/mol. The molecule has 2 heterocycles. The Labute approximate surface area is 203 Å². The lowest BCUT2D eigenvalue weighted by molar-refractivity contribution is -0.141. The molecule has 0 aliphatic carbocycles. The first-order chi connectivity index (χ1) is 16.1. The predicted molar refractivity (Wildman–Crippen MR) is 135 cm³/mol. The summed E-state index contributed by atoms with van der Waals surface area (Å²) in [5, 5.41) is -0.737. The SMILES string of the molecule is CCCCCCCCCCC(=O)N1CCN(C(=O)C2Sc3ccccc3N(CC)C2=O)CC1. The summed E-state index contributed by atoms with van der Waals surface area (Å²) in [6.07, 6.45) is 10.4. The molecule has 33 heavy (non-hydrogen) atoms. The van der Waals surface area contributed by atoms with Crippen LogP contribution in [-0.2, 0) is 14.4 Å². The zero-order valence-corrected chi connectivity index (χ0v) is 21.1. The van der Waals surface area contributed by atoms with Gasteiger partial charge >= 0.3 is 0 Å². The Kier molecular flexibility index (Phi) is 10.1. The molecule has 182 valence electrons. The van der Waals surface area contributed by atoms with Gasteiger partial charge in [-0.25, -0.2) is 0 Å². The average Bonchev–Trinajstić information content (AvgIpc) is 2.85. The van der Waals surface area contributed by atoms with E-state index in [1.807, 2.05) is 36.1 Å². The van der Waals surface area contributed by atoms with Gasteiger partial charge in [-0.15, -0.1) is 11.8 Å². The minimum atomic E-state index is -0.737. The number of thioether (sulfide) groups is 1. The van der Waals surface area contributed by atoms with Crippen LogP contribution in [0, 0.1) is 0 Å². The lowest BCUT2D eigenvalue weighted by Gasteiger charge is -2.38. The third kappa shape index (κ3) is 6.75. The number of amides is 3. The van der Waals surface area contributed by atoms with Crippen LogP contribution >= 0.6 is 11.8 Å². The zero-order chi connectivity index (χ0) is 23.6. The van der Waals surface area contributed by atoms with Crippen LogP contribution in [0.5, 0.6) is 0 Å². The van der Waals surface area contributed by atoms with Crippen LogP contribution in [0.1, 0.15) is 71.6 Å². The van der Waals surface area contributed by atoms with Crippen LogP contribution in [0.2, 0.25) is 0 Å². The molecule has 1 fully saturated rings. The standard InChI is InChI=1S/C26H39N3O3S/c1-3-5-6-7-8-9-10-11-16-23(30)27-17-19-28(20-18-27)25(31)24-26(32)29(4-2)21-14-12-13-15-22(21)33-24/h12-15,24H,3-11,16-20H2,1-2H3. The fourth-order valence-corrected chi connectivity index (χ4v) is 5.80. The van der Waals surface area contributed by atoms with Crippen LogP contribution in [-0.4, -0.2) is 65.5 Å². The van der Waals surface area contributed by atoms with E-state index in [0.29, 0.717) is 39.1 Å².